The number of carbonyl (C=O) groups is 2. The van der Waals surface area contributed by atoms with Gasteiger partial charge < -0.3 is 19.4 Å². The molecule has 0 saturated heterocycles. The monoisotopic (exact) mass is 322 g/mol. The van der Waals surface area contributed by atoms with Crippen molar-refractivity contribution in [3.05, 3.63) is 24.3 Å². The Balaban J connectivity index is 2.74. The Morgan fingerprint density at radius 1 is 1.13 bits per heavy atom. The van der Waals surface area contributed by atoms with Gasteiger partial charge in [0.05, 0.1) is 19.6 Å². The normalized spacial score (nSPS) is 11.0. The number of benzene rings is 1. The third-order valence-electron chi connectivity index (χ3n) is 4.18. The Morgan fingerprint density at radius 3 is 2.26 bits per heavy atom. The fourth-order valence-electron chi connectivity index (χ4n) is 2.34. The summed E-state index contributed by atoms with van der Waals surface area (Å²) in [5, 5.41) is 2.88. The molecular formula is C17H28N3O3+. The molecule has 0 aliphatic heterocycles. The number of rotatable bonds is 7. The molecule has 0 bridgehead atoms. The van der Waals surface area contributed by atoms with E-state index in [0.717, 1.165) is 24.1 Å². The SMILES string of the molecule is CC[N+](CC)(CC)CC(=O)Nc1cccc(OC(=O)N(C)C)c1. The maximum Gasteiger partial charge on any atom is 0.414 e. The lowest BCUT2D eigenvalue weighted by Gasteiger charge is -2.34. The van der Waals surface area contributed by atoms with Crippen LogP contribution in [-0.2, 0) is 4.79 Å². The first-order valence-corrected chi connectivity index (χ1v) is 8.00. The Bertz CT molecular complexity index is 531. The van der Waals surface area contributed by atoms with Gasteiger partial charge in [-0.3, -0.25) is 4.79 Å². The number of likely N-dealkylation sites (N-methyl/N-ethyl adjacent to an activating group) is 1. The van der Waals surface area contributed by atoms with Crippen LogP contribution in [0.15, 0.2) is 24.3 Å². The molecular weight excluding hydrogens is 294 g/mol. The molecule has 0 heterocycles. The molecule has 0 aromatic heterocycles. The zero-order valence-corrected chi connectivity index (χ0v) is 14.8. The summed E-state index contributed by atoms with van der Waals surface area (Å²) < 4.78 is 5.95. The largest absolute Gasteiger partial charge is 0.414 e. The summed E-state index contributed by atoms with van der Waals surface area (Å²) in [6, 6.07) is 6.86. The predicted octanol–water partition coefficient (Wildman–Crippen LogP) is 2.56. The summed E-state index contributed by atoms with van der Waals surface area (Å²) in [4.78, 5) is 25.2. The van der Waals surface area contributed by atoms with E-state index in [1.165, 1.54) is 4.90 Å². The third-order valence-corrected chi connectivity index (χ3v) is 4.18. The van der Waals surface area contributed by atoms with Crippen LogP contribution in [0.5, 0.6) is 5.75 Å². The van der Waals surface area contributed by atoms with Crippen molar-refractivity contribution in [2.75, 3.05) is 45.6 Å². The van der Waals surface area contributed by atoms with E-state index in [1.54, 1.807) is 38.4 Å². The number of hydrogen-bond acceptors (Lipinski definition) is 3. The van der Waals surface area contributed by atoms with Crippen LogP contribution in [0.3, 0.4) is 0 Å². The average Bonchev–Trinajstić information content (AvgIpc) is 2.53. The fraction of sp³-hybridized carbons (Fsp3) is 0.529. The van der Waals surface area contributed by atoms with Gasteiger partial charge in [-0.15, -0.1) is 0 Å². The fourth-order valence-corrected chi connectivity index (χ4v) is 2.34. The van der Waals surface area contributed by atoms with Gasteiger partial charge in [-0.2, -0.15) is 0 Å². The number of amides is 2. The van der Waals surface area contributed by atoms with E-state index in [0.29, 0.717) is 18.0 Å². The second kappa shape index (κ2) is 8.53. The molecule has 2 amide bonds. The number of ether oxygens (including phenoxy) is 1. The Labute approximate surface area is 138 Å². The molecule has 1 N–H and O–H groups in total. The van der Waals surface area contributed by atoms with E-state index in [-0.39, 0.29) is 5.91 Å². The quantitative estimate of drug-likeness (QED) is 0.785. The van der Waals surface area contributed by atoms with Gasteiger partial charge in [0.25, 0.3) is 5.91 Å². The van der Waals surface area contributed by atoms with Crippen LogP contribution in [0, 0.1) is 0 Å². The molecule has 1 aromatic rings. The molecule has 23 heavy (non-hydrogen) atoms. The van der Waals surface area contributed by atoms with E-state index in [1.807, 2.05) is 0 Å². The number of nitrogens with zero attached hydrogens (tertiary/aromatic N) is 2. The van der Waals surface area contributed by atoms with Gasteiger partial charge in [-0.05, 0) is 32.9 Å². The third kappa shape index (κ3) is 5.56. The minimum Gasteiger partial charge on any atom is -0.410 e. The number of carbonyl (C=O) groups excluding carboxylic acids is 2. The highest BCUT2D eigenvalue weighted by Crippen LogP contribution is 2.18. The molecule has 0 unspecified atom stereocenters. The van der Waals surface area contributed by atoms with Gasteiger partial charge >= 0.3 is 6.09 Å². The first-order chi connectivity index (χ1) is 10.9. The van der Waals surface area contributed by atoms with Gasteiger partial charge in [0.15, 0.2) is 6.54 Å². The Kier molecular flexibility index (Phi) is 7.03. The highest BCUT2D eigenvalue weighted by molar-refractivity contribution is 5.91. The van der Waals surface area contributed by atoms with Crippen molar-refractivity contribution in [1.82, 2.24) is 4.90 Å². The van der Waals surface area contributed by atoms with Gasteiger partial charge in [-0.1, -0.05) is 6.07 Å². The first-order valence-electron chi connectivity index (χ1n) is 8.00. The lowest BCUT2D eigenvalue weighted by atomic mass is 10.2. The second-order valence-electron chi connectivity index (χ2n) is 5.79. The van der Waals surface area contributed by atoms with Crippen molar-refractivity contribution in [3.8, 4) is 5.75 Å². The smallest absolute Gasteiger partial charge is 0.410 e. The van der Waals surface area contributed by atoms with Crippen molar-refractivity contribution in [2.24, 2.45) is 0 Å². The van der Waals surface area contributed by atoms with Crippen LogP contribution in [0.2, 0.25) is 0 Å². The number of anilines is 1. The van der Waals surface area contributed by atoms with Crippen LogP contribution in [0.4, 0.5) is 10.5 Å². The van der Waals surface area contributed by atoms with E-state index < -0.39 is 6.09 Å². The van der Waals surface area contributed by atoms with Crippen LogP contribution in [-0.4, -0.2) is 61.7 Å². The van der Waals surface area contributed by atoms with Gasteiger partial charge in [-0.25, -0.2) is 4.79 Å². The van der Waals surface area contributed by atoms with Crippen LogP contribution >= 0.6 is 0 Å². The topological polar surface area (TPSA) is 58.6 Å². The zero-order chi connectivity index (χ0) is 17.5. The molecule has 128 valence electrons. The number of quaternary nitrogens is 1. The van der Waals surface area contributed by atoms with Crippen molar-refractivity contribution < 1.29 is 18.8 Å². The van der Waals surface area contributed by atoms with Crippen molar-refractivity contribution in [2.45, 2.75) is 20.8 Å². The van der Waals surface area contributed by atoms with Crippen LogP contribution < -0.4 is 10.1 Å². The minimum absolute atomic E-state index is 0.0355. The summed E-state index contributed by atoms with van der Waals surface area (Å²) in [5.41, 5.74) is 0.625. The zero-order valence-electron chi connectivity index (χ0n) is 14.8. The summed E-state index contributed by atoms with van der Waals surface area (Å²) in [6.07, 6.45) is -0.452. The Hall–Kier alpha value is -2.08. The lowest BCUT2D eigenvalue weighted by Crippen LogP contribution is -2.51. The molecule has 1 rings (SSSR count). The van der Waals surface area contributed by atoms with Crippen LogP contribution in [0.25, 0.3) is 0 Å². The molecule has 0 spiro atoms. The lowest BCUT2D eigenvalue weighted by molar-refractivity contribution is -0.915. The highest BCUT2D eigenvalue weighted by Gasteiger charge is 2.24. The predicted molar refractivity (Wildman–Crippen MR) is 91.5 cm³/mol. The van der Waals surface area contributed by atoms with E-state index in [9.17, 15) is 9.59 Å². The summed E-state index contributed by atoms with van der Waals surface area (Å²) in [6.45, 7) is 9.48. The standard InChI is InChI=1S/C17H27N3O3/c1-6-20(7-2,8-3)13-16(21)18-14-10-9-11-15(12-14)23-17(22)19(4)5/h9-12H,6-8,13H2,1-5H3/p+1. The average molecular weight is 322 g/mol. The molecule has 0 atom stereocenters. The highest BCUT2D eigenvalue weighted by atomic mass is 16.6. The van der Waals surface area contributed by atoms with E-state index in [4.69, 9.17) is 4.74 Å². The van der Waals surface area contributed by atoms with Crippen LogP contribution in [0.1, 0.15) is 20.8 Å². The van der Waals surface area contributed by atoms with Gasteiger partial charge in [0, 0.05) is 25.8 Å². The molecule has 6 heteroatoms. The molecule has 6 nitrogen and oxygen atoms in total. The summed E-state index contributed by atoms with van der Waals surface area (Å²) in [5.74, 6) is 0.371. The molecule has 0 fully saturated rings. The van der Waals surface area contributed by atoms with Crippen molar-refractivity contribution >= 4 is 17.7 Å². The first kappa shape index (κ1) is 19.0. The maximum atomic E-state index is 12.3. The molecule has 0 aliphatic carbocycles. The molecule has 0 saturated carbocycles. The summed E-state index contributed by atoms with van der Waals surface area (Å²) >= 11 is 0. The van der Waals surface area contributed by atoms with E-state index >= 15 is 0 Å². The van der Waals surface area contributed by atoms with E-state index in [2.05, 4.69) is 26.1 Å². The molecule has 1 aromatic carbocycles. The van der Waals surface area contributed by atoms with Crippen molar-refractivity contribution in [3.63, 3.8) is 0 Å². The van der Waals surface area contributed by atoms with Crippen molar-refractivity contribution in [1.29, 1.82) is 0 Å². The maximum absolute atomic E-state index is 12.3. The number of hydrogen-bond donors (Lipinski definition) is 1. The second-order valence-corrected chi connectivity index (χ2v) is 5.79. The minimum atomic E-state index is -0.452. The molecule has 0 aliphatic rings. The van der Waals surface area contributed by atoms with Gasteiger partial charge in [0.2, 0.25) is 0 Å². The van der Waals surface area contributed by atoms with Gasteiger partial charge in [0.1, 0.15) is 5.75 Å². The number of nitrogens with one attached hydrogen (secondary N) is 1. The Morgan fingerprint density at radius 2 is 1.74 bits per heavy atom. The summed E-state index contributed by atoms with van der Waals surface area (Å²) in [7, 11) is 3.23. The molecule has 0 radical (unpaired) electrons.